The van der Waals surface area contributed by atoms with Gasteiger partial charge in [-0.2, -0.15) is 0 Å². The van der Waals surface area contributed by atoms with Gasteiger partial charge in [0.25, 0.3) is 0 Å². The molecule has 2 aliphatic rings. The van der Waals surface area contributed by atoms with E-state index in [1.165, 1.54) is 0 Å². The van der Waals surface area contributed by atoms with Gasteiger partial charge in [-0.3, -0.25) is 4.79 Å². The minimum atomic E-state index is -0.536. The Kier molecular flexibility index (Phi) is 6.46. The van der Waals surface area contributed by atoms with Crippen LogP contribution >= 0.6 is 0 Å². The monoisotopic (exact) mass is 286 g/mol. The molecule has 0 aromatic heterocycles. The van der Waals surface area contributed by atoms with Gasteiger partial charge in [0.15, 0.2) is 6.29 Å². The summed E-state index contributed by atoms with van der Waals surface area (Å²) >= 11 is 0. The highest BCUT2D eigenvalue weighted by molar-refractivity contribution is 5.73. The lowest BCUT2D eigenvalue weighted by Gasteiger charge is -2.35. The number of aliphatic hydroxyl groups is 1. The first-order valence-corrected chi connectivity index (χ1v) is 7.72. The Morgan fingerprint density at radius 3 is 1.95 bits per heavy atom. The maximum absolute atomic E-state index is 10.9. The summed E-state index contributed by atoms with van der Waals surface area (Å²) < 4.78 is 10.1. The molecule has 4 nitrogen and oxygen atoms in total. The Morgan fingerprint density at radius 2 is 1.45 bits per heavy atom. The molecule has 0 spiro atoms. The van der Waals surface area contributed by atoms with Crippen molar-refractivity contribution in [3.63, 3.8) is 0 Å². The van der Waals surface area contributed by atoms with Crippen LogP contribution in [0.2, 0.25) is 0 Å². The van der Waals surface area contributed by atoms with Gasteiger partial charge in [0.05, 0.1) is 19.1 Å². The number of esters is 1. The van der Waals surface area contributed by atoms with Crippen molar-refractivity contribution >= 4 is 5.97 Å². The van der Waals surface area contributed by atoms with Crippen molar-refractivity contribution in [2.24, 2.45) is 35.5 Å². The number of carbonyl (C=O) groups is 1. The van der Waals surface area contributed by atoms with Gasteiger partial charge < -0.3 is 14.6 Å². The van der Waals surface area contributed by atoms with Crippen molar-refractivity contribution in [3.8, 4) is 0 Å². The van der Waals surface area contributed by atoms with Gasteiger partial charge in [-0.25, -0.2) is 0 Å². The highest BCUT2D eigenvalue weighted by atomic mass is 16.6. The summed E-state index contributed by atoms with van der Waals surface area (Å²) in [7, 11) is 0. The molecule has 118 valence electrons. The normalized spacial score (nSPS) is 45.1. The minimum absolute atomic E-state index is 0.0365. The Morgan fingerprint density at radius 1 is 0.900 bits per heavy atom. The van der Waals surface area contributed by atoms with E-state index < -0.39 is 6.29 Å². The van der Waals surface area contributed by atoms with Crippen molar-refractivity contribution in [2.45, 2.75) is 47.8 Å². The molecule has 0 radical (unpaired) electrons. The predicted octanol–water partition coefficient (Wildman–Crippen LogP) is 2.69. The SMILES string of the molecule is C[C@H]1[C@@H](C)COC(=O)[C@@H]1C.C[C@H]1[C@@H](C)COC(O)[C@@H]1C. The highest BCUT2D eigenvalue weighted by Crippen LogP contribution is 2.29. The lowest BCUT2D eigenvalue weighted by atomic mass is 9.83. The molecule has 2 rings (SSSR count). The Hall–Kier alpha value is -0.610. The number of rotatable bonds is 0. The van der Waals surface area contributed by atoms with Crippen LogP contribution in [0.4, 0.5) is 0 Å². The van der Waals surface area contributed by atoms with Crippen LogP contribution < -0.4 is 0 Å². The molecule has 0 aromatic rings. The van der Waals surface area contributed by atoms with E-state index in [1.54, 1.807) is 0 Å². The molecule has 2 aliphatic heterocycles. The van der Waals surface area contributed by atoms with Crippen LogP contribution in [-0.2, 0) is 14.3 Å². The van der Waals surface area contributed by atoms with Crippen molar-refractivity contribution in [2.75, 3.05) is 13.2 Å². The van der Waals surface area contributed by atoms with Gasteiger partial charge >= 0.3 is 5.97 Å². The molecule has 0 amide bonds. The summed E-state index contributed by atoms with van der Waals surface area (Å²) in [4.78, 5) is 10.9. The number of hydrogen-bond donors (Lipinski definition) is 1. The predicted molar refractivity (Wildman–Crippen MR) is 77.9 cm³/mol. The van der Waals surface area contributed by atoms with Gasteiger partial charge in [0.1, 0.15) is 0 Å². The first-order chi connectivity index (χ1) is 9.25. The fourth-order valence-corrected chi connectivity index (χ4v) is 2.54. The molecular formula is C16H30O4. The fourth-order valence-electron chi connectivity index (χ4n) is 2.54. The highest BCUT2D eigenvalue weighted by Gasteiger charge is 2.31. The van der Waals surface area contributed by atoms with Gasteiger partial charge in [-0.05, 0) is 23.7 Å². The summed E-state index contributed by atoms with van der Waals surface area (Å²) in [6, 6.07) is 0. The zero-order valence-corrected chi connectivity index (χ0v) is 13.6. The zero-order valence-electron chi connectivity index (χ0n) is 13.6. The summed E-state index contributed by atoms with van der Waals surface area (Å²) in [6.07, 6.45) is -0.536. The van der Waals surface area contributed by atoms with Crippen LogP contribution in [0.5, 0.6) is 0 Å². The van der Waals surface area contributed by atoms with E-state index in [1.807, 2.05) is 13.8 Å². The number of ether oxygens (including phenoxy) is 2. The molecule has 0 saturated carbocycles. The smallest absolute Gasteiger partial charge is 0.308 e. The quantitative estimate of drug-likeness (QED) is 0.696. The lowest BCUT2D eigenvalue weighted by molar-refractivity contribution is -0.186. The van der Waals surface area contributed by atoms with Crippen LogP contribution in [0.15, 0.2) is 0 Å². The van der Waals surface area contributed by atoms with Gasteiger partial charge in [-0.15, -0.1) is 0 Å². The summed E-state index contributed by atoms with van der Waals surface area (Å²) in [5.74, 6) is 2.48. The Labute approximate surface area is 122 Å². The molecule has 1 unspecified atom stereocenters. The first-order valence-electron chi connectivity index (χ1n) is 7.72. The second-order valence-electron chi connectivity index (χ2n) is 6.67. The van der Waals surface area contributed by atoms with Gasteiger partial charge in [0, 0.05) is 5.92 Å². The zero-order chi connectivity index (χ0) is 15.4. The molecule has 0 aliphatic carbocycles. The van der Waals surface area contributed by atoms with Crippen molar-refractivity contribution in [1.29, 1.82) is 0 Å². The average molecular weight is 286 g/mol. The van der Waals surface area contributed by atoms with E-state index in [4.69, 9.17) is 9.47 Å². The number of carbonyl (C=O) groups excluding carboxylic acids is 1. The molecule has 1 N–H and O–H groups in total. The minimum Gasteiger partial charge on any atom is -0.465 e. The summed E-state index contributed by atoms with van der Waals surface area (Å²) in [5, 5.41) is 9.24. The largest absolute Gasteiger partial charge is 0.465 e. The Balaban J connectivity index is 0.000000200. The van der Waals surface area contributed by atoms with Crippen molar-refractivity contribution in [1.82, 2.24) is 0 Å². The van der Waals surface area contributed by atoms with E-state index >= 15 is 0 Å². The first kappa shape index (κ1) is 17.4. The van der Waals surface area contributed by atoms with Crippen LogP contribution in [-0.4, -0.2) is 30.6 Å². The third kappa shape index (κ3) is 4.19. The maximum atomic E-state index is 10.9. The standard InChI is InChI=1S/C8H16O2.C8H14O2/c2*1-5-4-10-8(9)7(3)6(5)2/h5-9H,4H2,1-3H3;5-7H,4H2,1-3H3/t5-,6-,7+,8?;5-,6-,7+/m00/s1. The van der Waals surface area contributed by atoms with E-state index in [0.29, 0.717) is 36.9 Å². The van der Waals surface area contributed by atoms with E-state index in [-0.39, 0.29) is 17.8 Å². The second kappa shape index (κ2) is 7.41. The van der Waals surface area contributed by atoms with Crippen LogP contribution in [0, 0.1) is 35.5 Å². The van der Waals surface area contributed by atoms with E-state index in [0.717, 1.165) is 0 Å². The second-order valence-corrected chi connectivity index (χ2v) is 6.67. The van der Waals surface area contributed by atoms with Crippen LogP contribution in [0.25, 0.3) is 0 Å². The van der Waals surface area contributed by atoms with Crippen LogP contribution in [0.3, 0.4) is 0 Å². The fraction of sp³-hybridized carbons (Fsp3) is 0.938. The maximum Gasteiger partial charge on any atom is 0.308 e. The molecular weight excluding hydrogens is 256 g/mol. The number of cyclic esters (lactones) is 1. The number of aliphatic hydroxyl groups excluding tert-OH is 1. The average Bonchev–Trinajstić information content (AvgIpc) is 2.43. The molecule has 0 aromatic carbocycles. The van der Waals surface area contributed by atoms with Crippen molar-refractivity contribution < 1.29 is 19.4 Å². The number of hydrogen-bond acceptors (Lipinski definition) is 4. The van der Waals surface area contributed by atoms with Gasteiger partial charge in [-0.1, -0.05) is 41.5 Å². The van der Waals surface area contributed by atoms with E-state index in [9.17, 15) is 9.90 Å². The third-order valence-electron chi connectivity index (χ3n) is 5.25. The molecule has 20 heavy (non-hydrogen) atoms. The molecule has 0 bridgehead atoms. The van der Waals surface area contributed by atoms with Crippen LogP contribution in [0.1, 0.15) is 41.5 Å². The summed E-state index contributed by atoms with van der Waals surface area (Å²) in [5.41, 5.74) is 0. The Bertz CT molecular complexity index is 304. The molecule has 7 atom stereocenters. The van der Waals surface area contributed by atoms with Crippen molar-refractivity contribution in [3.05, 3.63) is 0 Å². The molecule has 2 saturated heterocycles. The topological polar surface area (TPSA) is 55.8 Å². The molecule has 2 heterocycles. The molecule has 2 fully saturated rings. The van der Waals surface area contributed by atoms with E-state index in [2.05, 4.69) is 27.7 Å². The van der Waals surface area contributed by atoms with Gasteiger partial charge in [0.2, 0.25) is 0 Å². The summed E-state index contributed by atoms with van der Waals surface area (Å²) in [6.45, 7) is 13.8. The lowest BCUT2D eigenvalue weighted by Crippen LogP contribution is -2.38. The molecule has 4 heteroatoms. The third-order valence-corrected chi connectivity index (χ3v) is 5.25.